The molecular weight excluding hydrogens is 279 g/mol. The van der Waals surface area contributed by atoms with Crippen molar-refractivity contribution in [1.29, 1.82) is 0 Å². The minimum absolute atomic E-state index is 0.484. The van der Waals surface area contributed by atoms with Gasteiger partial charge in [-0.05, 0) is 24.5 Å². The van der Waals surface area contributed by atoms with Crippen LogP contribution in [0.2, 0.25) is 5.02 Å². The number of halogens is 2. The van der Waals surface area contributed by atoms with Gasteiger partial charge in [0.1, 0.15) is 5.82 Å². The van der Waals surface area contributed by atoms with Gasteiger partial charge in [0, 0.05) is 29.1 Å². The Labute approximate surface area is 122 Å². The smallest absolute Gasteiger partial charge is 0.132 e. The Kier molecular flexibility index (Phi) is 3.72. The first-order chi connectivity index (χ1) is 9.28. The van der Waals surface area contributed by atoms with Crippen LogP contribution in [0.25, 0.3) is 0 Å². The fraction of sp³-hybridized carbons (Fsp3) is 0.333. The average molecular weight is 293 g/mol. The molecular formula is C15H14Cl2N2. The van der Waals surface area contributed by atoms with Crippen LogP contribution in [-0.2, 0) is 12.3 Å². The van der Waals surface area contributed by atoms with Gasteiger partial charge in [0.15, 0.2) is 0 Å². The van der Waals surface area contributed by atoms with E-state index < -0.39 is 0 Å². The highest BCUT2D eigenvalue weighted by Gasteiger charge is 2.28. The molecule has 1 fully saturated rings. The van der Waals surface area contributed by atoms with Crippen LogP contribution in [0.4, 0.5) is 0 Å². The van der Waals surface area contributed by atoms with E-state index in [0.29, 0.717) is 18.2 Å². The topological polar surface area (TPSA) is 25.8 Å². The monoisotopic (exact) mass is 292 g/mol. The van der Waals surface area contributed by atoms with Crippen molar-refractivity contribution in [3.63, 3.8) is 0 Å². The lowest BCUT2D eigenvalue weighted by molar-refractivity contribution is 0.878. The molecule has 0 aliphatic heterocycles. The number of rotatable bonds is 4. The molecule has 1 saturated carbocycles. The highest BCUT2D eigenvalue weighted by Crippen LogP contribution is 2.40. The van der Waals surface area contributed by atoms with Crippen molar-refractivity contribution in [2.24, 2.45) is 0 Å². The van der Waals surface area contributed by atoms with Gasteiger partial charge in [-0.1, -0.05) is 29.8 Å². The van der Waals surface area contributed by atoms with Gasteiger partial charge in [0.05, 0.1) is 11.6 Å². The van der Waals surface area contributed by atoms with Crippen LogP contribution < -0.4 is 0 Å². The summed E-state index contributed by atoms with van der Waals surface area (Å²) in [5.41, 5.74) is 3.25. The van der Waals surface area contributed by atoms with Crippen LogP contribution in [0.5, 0.6) is 0 Å². The zero-order chi connectivity index (χ0) is 13.2. The lowest BCUT2D eigenvalue weighted by atomic mass is 10.1. The highest BCUT2D eigenvalue weighted by atomic mass is 35.5. The summed E-state index contributed by atoms with van der Waals surface area (Å²) < 4.78 is 0. The zero-order valence-corrected chi connectivity index (χ0v) is 12.0. The van der Waals surface area contributed by atoms with Crippen molar-refractivity contribution in [3.8, 4) is 0 Å². The van der Waals surface area contributed by atoms with Crippen molar-refractivity contribution in [2.45, 2.75) is 31.1 Å². The van der Waals surface area contributed by atoms with E-state index in [4.69, 9.17) is 23.2 Å². The second-order valence-corrected chi connectivity index (χ2v) is 5.55. The predicted octanol–water partition coefficient (Wildman–Crippen LogP) is 4.34. The van der Waals surface area contributed by atoms with Crippen LogP contribution in [0.1, 0.15) is 41.4 Å². The Morgan fingerprint density at radius 2 is 1.95 bits per heavy atom. The van der Waals surface area contributed by atoms with Crippen LogP contribution in [0.3, 0.4) is 0 Å². The summed E-state index contributed by atoms with van der Waals surface area (Å²) in [6, 6.07) is 7.82. The van der Waals surface area contributed by atoms with E-state index in [2.05, 4.69) is 9.97 Å². The standard InChI is InChI=1S/C15H14Cl2N2/c16-8-12-9-18-14(19-15(12)10-5-6-10)7-11-3-1-2-4-13(11)17/h1-4,9-10H,5-8H2. The van der Waals surface area contributed by atoms with Gasteiger partial charge < -0.3 is 0 Å². The summed E-state index contributed by atoms with van der Waals surface area (Å²) in [4.78, 5) is 9.09. The molecule has 0 radical (unpaired) electrons. The largest absolute Gasteiger partial charge is 0.241 e. The Hall–Kier alpha value is -1.12. The number of alkyl halides is 1. The normalized spacial score (nSPS) is 14.6. The van der Waals surface area contributed by atoms with E-state index >= 15 is 0 Å². The Morgan fingerprint density at radius 3 is 2.63 bits per heavy atom. The van der Waals surface area contributed by atoms with Crippen LogP contribution in [0.15, 0.2) is 30.5 Å². The third-order valence-electron chi connectivity index (χ3n) is 3.36. The Morgan fingerprint density at radius 1 is 1.16 bits per heavy atom. The maximum atomic E-state index is 6.17. The first-order valence-electron chi connectivity index (χ1n) is 6.42. The van der Waals surface area contributed by atoms with E-state index in [1.165, 1.54) is 12.8 Å². The van der Waals surface area contributed by atoms with E-state index in [1.807, 2.05) is 30.5 Å². The summed E-state index contributed by atoms with van der Waals surface area (Å²) in [6.45, 7) is 0. The number of benzene rings is 1. The second-order valence-electron chi connectivity index (χ2n) is 4.87. The SMILES string of the molecule is ClCc1cnc(Cc2ccccc2Cl)nc1C1CC1. The summed E-state index contributed by atoms with van der Waals surface area (Å²) >= 11 is 12.1. The second kappa shape index (κ2) is 5.48. The highest BCUT2D eigenvalue weighted by molar-refractivity contribution is 6.31. The van der Waals surface area contributed by atoms with Crippen molar-refractivity contribution in [1.82, 2.24) is 9.97 Å². The molecule has 1 aromatic carbocycles. The first kappa shape index (κ1) is 12.9. The maximum absolute atomic E-state index is 6.17. The fourth-order valence-corrected chi connectivity index (χ4v) is 2.58. The van der Waals surface area contributed by atoms with E-state index in [-0.39, 0.29) is 0 Å². The molecule has 1 aliphatic rings. The fourth-order valence-electron chi connectivity index (χ4n) is 2.17. The van der Waals surface area contributed by atoms with Gasteiger partial charge >= 0.3 is 0 Å². The Bertz CT molecular complexity index is 594. The first-order valence-corrected chi connectivity index (χ1v) is 7.33. The van der Waals surface area contributed by atoms with Crippen molar-refractivity contribution >= 4 is 23.2 Å². The molecule has 0 amide bonds. The van der Waals surface area contributed by atoms with Crippen molar-refractivity contribution < 1.29 is 0 Å². The van der Waals surface area contributed by atoms with Gasteiger partial charge in [-0.25, -0.2) is 9.97 Å². The van der Waals surface area contributed by atoms with E-state index in [0.717, 1.165) is 27.7 Å². The van der Waals surface area contributed by atoms with Crippen LogP contribution in [-0.4, -0.2) is 9.97 Å². The summed E-state index contributed by atoms with van der Waals surface area (Å²) in [5, 5.41) is 0.764. The predicted molar refractivity (Wildman–Crippen MR) is 77.8 cm³/mol. The van der Waals surface area contributed by atoms with Crippen molar-refractivity contribution in [2.75, 3.05) is 0 Å². The molecule has 0 N–H and O–H groups in total. The molecule has 0 unspecified atom stereocenters. The minimum atomic E-state index is 0.484. The number of aromatic nitrogens is 2. The minimum Gasteiger partial charge on any atom is -0.241 e. The molecule has 3 rings (SSSR count). The van der Waals surface area contributed by atoms with E-state index in [9.17, 15) is 0 Å². The molecule has 2 nitrogen and oxygen atoms in total. The molecule has 2 aromatic rings. The van der Waals surface area contributed by atoms with Gasteiger partial charge in [-0.3, -0.25) is 0 Å². The Balaban J connectivity index is 1.89. The molecule has 1 aliphatic carbocycles. The van der Waals surface area contributed by atoms with Gasteiger partial charge in [0.2, 0.25) is 0 Å². The number of nitrogens with zero attached hydrogens (tertiary/aromatic N) is 2. The summed E-state index contributed by atoms with van der Waals surface area (Å²) in [6.07, 6.45) is 4.96. The summed E-state index contributed by atoms with van der Waals surface area (Å²) in [7, 11) is 0. The van der Waals surface area contributed by atoms with Crippen LogP contribution >= 0.6 is 23.2 Å². The molecule has 4 heteroatoms. The molecule has 0 atom stereocenters. The quantitative estimate of drug-likeness (QED) is 0.784. The van der Waals surface area contributed by atoms with Crippen molar-refractivity contribution in [3.05, 3.63) is 58.1 Å². The lowest BCUT2D eigenvalue weighted by Gasteiger charge is -2.08. The van der Waals surface area contributed by atoms with Crippen LogP contribution in [0, 0.1) is 0 Å². The molecule has 0 saturated heterocycles. The molecule has 1 heterocycles. The van der Waals surface area contributed by atoms with Gasteiger partial charge in [-0.15, -0.1) is 11.6 Å². The third kappa shape index (κ3) is 2.90. The molecule has 0 spiro atoms. The number of hydrogen-bond acceptors (Lipinski definition) is 2. The maximum Gasteiger partial charge on any atom is 0.132 e. The number of hydrogen-bond donors (Lipinski definition) is 0. The zero-order valence-electron chi connectivity index (χ0n) is 10.4. The van der Waals surface area contributed by atoms with Gasteiger partial charge in [-0.2, -0.15) is 0 Å². The summed E-state index contributed by atoms with van der Waals surface area (Å²) in [5.74, 6) is 1.89. The average Bonchev–Trinajstić information content (AvgIpc) is 3.26. The molecule has 98 valence electrons. The molecule has 1 aromatic heterocycles. The third-order valence-corrected chi connectivity index (χ3v) is 4.02. The van der Waals surface area contributed by atoms with E-state index in [1.54, 1.807) is 0 Å². The molecule has 19 heavy (non-hydrogen) atoms. The van der Waals surface area contributed by atoms with Gasteiger partial charge in [0.25, 0.3) is 0 Å². The molecule has 0 bridgehead atoms. The lowest BCUT2D eigenvalue weighted by Crippen LogP contribution is -2.03.